The largest absolute Gasteiger partial charge is 0.491 e. The maximum atomic E-state index is 11.8. The highest BCUT2D eigenvalue weighted by atomic mass is 16.6. The number of hydrogen-bond donors (Lipinski definition) is 0. The van der Waals surface area contributed by atoms with Gasteiger partial charge < -0.3 is 18.9 Å². The molecule has 224 valence electrons. The summed E-state index contributed by atoms with van der Waals surface area (Å²) in [7, 11) is 0. The van der Waals surface area contributed by atoms with Gasteiger partial charge in [0.15, 0.2) is 0 Å². The van der Waals surface area contributed by atoms with Gasteiger partial charge in [0.2, 0.25) is 0 Å². The number of rotatable bonds is 25. The summed E-state index contributed by atoms with van der Waals surface area (Å²) in [5, 5.41) is 0. The molecule has 0 spiro atoms. The van der Waals surface area contributed by atoms with Crippen LogP contribution in [0.2, 0.25) is 0 Å². The Morgan fingerprint density at radius 1 is 0.550 bits per heavy atom. The molecule has 0 aliphatic carbocycles. The smallest absolute Gasteiger partial charge is 0.305 e. The van der Waals surface area contributed by atoms with Crippen molar-refractivity contribution in [2.75, 3.05) is 39.6 Å². The van der Waals surface area contributed by atoms with Crippen molar-refractivity contribution in [3.05, 3.63) is 54.1 Å². The molecule has 2 aromatic carbocycles. The van der Waals surface area contributed by atoms with Crippen molar-refractivity contribution in [2.24, 2.45) is 0 Å². The van der Waals surface area contributed by atoms with E-state index in [2.05, 4.69) is 50.2 Å². The first kappa shape index (κ1) is 33.8. The van der Waals surface area contributed by atoms with Crippen molar-refractivity contribution in [3.8, 4) is 16.9 Å². The van der Waals surface area contributed by atoms with Crippen LogP contribution in [0.4, 0.5) is 0 Å². The van der Waals surface area contributed by atoms with Gasteiger partial charge >= 0.3 is 5.97 Å². The van der Waals surface area contributed by atoms with E-state index in [1.165, 1.54) is 80.9 Å². The number of carbonyl (C=O) groups is 1. The van der Waals surface area contributed by atoms with Gasteiger partial charge in [0, 0.05) is 6.42 Å². The number of benzene rings is 2. The van der Waals surface area contributed by atoms with Crippen molar-refractivity contribution in [1.29, 1.82) is 0 Å². The Kier molecular flexibility index (Phi) is 19.7. The molecule has 0 saturated carbocycles. The highest BCUT2D eigenvalue weighted by Crippen LogP contribution is 2.23. The van der Waals surface area contributed by atoms with E-state index in [1.54, 1.807) is 0 Å². The summed E-state index contributed by atoms with van der Waals surface area (Å²) in [5.74, 6) is 0.715. The number of hydrogen-bond acceptors (Lipinski definition) is 5. The van der Waals surface area contributed by atoms with Gasteiger partial charge in [-0.3, -0.25) is 4.79 Å². The molecule has 0 unspecified atom stereocenters. The van der Waals surface area contributed by atoms with Crippen LogP contribution in [0.15, 0.2) is 48.5 Å². The fourth-order valence-electron chi connectivity index (χ4n) is 4.66. The predicted octanol–water partition coefficient (Wildman–Crippen LogP) is 8.96. The van der Waals surface area contributed by atoms with E-state index in [9.17, 15) is 4.79 Å². The molecule has 0 heterocycles. The van der Waals surface area contributed by atoms with Crippen LogP contribution in [0.5, 0.6) is 5.75 Å². The molecule has 0 saturated heterocycles. The minimum absolute atomic E-state index is 0.120. The highest BCUT2D eigenvalue weighted by molar-refractivity contribution is 5.69. The van der Waals surface area contributed by atoms with Gasteiger partial charge in [-0.15, -0.1) is 0 Å². The fourth-order valence-corrected chi connectivity index (χ4v) is 4.66. The van der Waals surface area contributed by atoms with Gasteiger partial charge in [0.25, 0.3) is 0 Å². The molecular weight excluding hydrogens is 500 g/mol. The third-order valence-electron chi connectivity index (χ3n) is 7.02. The molecule has 40 heavy (non-hydrogen) atoms. The van der Waals surface area contributed by atoms with Gasteiger partial charge in [0.1, 0.15) is 19.0 Å². The summed E-state index contributed by atoms with van der Waals surface area (Å²) in [6.45, 7) is 7.11. The Balaban J connectivity index is 1.36. The Morgan fingerprint density at radius 3 is 1.62 bits per heavy atom. The molecule has 0 atom stereocenters. The third kappa shape index (κ3) is 16.7. The highest BCUT2D eigenvalue weighted by Gasteiger charge is 2.03. The first-order chi connectivity index (χ1) is 19.7. The summed E-state index contributed by atoms with van der Waals surface area (Å²) in [6.07, 6.45) is 16.8. The minimum Gasteiger partial charge on any atom is -0.491 e. The lowest BCUT2D eigenvalue weighted by molar-refractivity contribution is -0.145. The molecule has 0 N–H and O–H groups in total. The molecule has 2 rings (SSSR count). The summed E-state index contributed by atoms with van der Waals surface area (Å²) in [4.78, 5) is 11.8. The van der Waals surface area contributed by atoms with Crippen molar-refractivity contribution in [1.82, 2.24) is 0 Å². The molecule has 0 amide bonds. The summed E-state index contributed by atoms with van der Waals surface area (Å²) >= 11 is 0. The first-order valence-electron chi connectivity index (χ1n) is 15.9. The van der Waals surface area contributed by atoms with Crippen LogP contribution >= 0.6 is 0 Å². The average Bonchev–Trinajstić information content (AvgIpc) is 2.98. The molecule has 0 radical (unpaired) electrons. The molecule has 5 nitrogen and oxygen atoms in total. The molecule has 2 aromatic rings. The lowest BCUT2D eigenvalue weighted by Crippen LogP contribution is -2.14. The molecule has 5 heteroatoms. The van der Waals surface area contributed by atoms with Crippen molar-refractivity contribution in [2.45, 2.75) is 104 Å². The zero-order valence-electron chi connectivity index (χ0n) is 25.3. The maximum Gasteiger partial charge on any atom is 0.305 e. The fraction of sp³-hybridized carbons (Fsp3) is 0.629. The number of carbonyl (C=O) groups excluding carboxylic acids is 1. The summed E-state index contributed by atoms with van der Waals surface area (Å²) in [5.41, 5.74) is 3.78. The standard InChI is InChI=1S/C35H54O5/c1-3-5-6-7-8-9-10-11-12-13-14-16-35(36)40-30-28-38-26-25-37-27-29-39-34-23-21-33(22-24-34)32-19-17-31(15-4-2)18-20-32/h17-24H,3-16,25-30H2,1-2H3. The van der Waals surface area contributed by atoms with E-state index in [1.807, 2.05) is 12.1 Å². The monoisotopic (exact) mass is 554 g/mol. The van der Waals surface area contributed by atoms with Crippen LogP contribution in [-0.4, -0.2) is 45.6 Å². The molecule has 0 fully saturated rings. The van der Waals surface area contributed by atoms with Crippen LogP contribution in [0.25, 0.3) is 11.1 Å². The SMILES string of the molecule is CCCCCCCCCCCCCC(=O)OCCOCCOCCOc1ccc(-c2ccc(CCC)cc2)cc1. The van der Waals surface area contributed by atoms with Crippen molar-refractivity contribution < 1.29 is 23.7 Å². The van der Waals surface area contributed by atoms with Gasteiger partial charge in [-0.1, -0.05) is 121 Å². The Hall–Kier alpha value is -2.37. The van der Waals surface area contributed by atoms with Crippen LogP contribution in [0.1, 0.15) is 103 Å². The predicted molar refractivity (Wildman–Crippen MR) is 165 cm³/mol. The van der Waals surface area contributed by atoms with E-state index >= 15 is 0 Å². The second kappa shape index (κ2) is 23.3. The van der Waals surface area contributed by atoms with E-state index in [4.69, 9.17) is 18.9 Å². The van der Waals surface area contributed by atoms with Gasteiger partial charge in [-0.05, 0) is 41.7 Å². The van der Waals surface area contributed by atoms with Gasteiger partial charge in [-0.25, -0.2) is 0 Å². The van der Waals surface area contributed by atoms with Crippen LogP contribution in [-0.2, 0) is 25.4 Å². The molecule has 0 aliphatic rings. The van der Waals surface area contributed by atoms with Gasteiger partial charge in [-0.2, -0.15) is 0 Å². The number of ether oxygens (including phenoxy) is 4. The average molecular weight is 555 g/mol. The number of aryl methyl sites for hydroxylation is 1. The zero-order chi connectivity index (χ0) is 28.5. The third-order valence-corrected chi connectivity index (χ3v) is 7.02. The maximum absolute atomic E-state index is 11.8. The van der Waals surface area contributed by atoms with Crippen molar-refractivity contribution in [3.63, 3.8) is 0 Å². The van der Waals surface area contributed by atoms with Crippen molar-refractivity contribution >= 4 is 5.97 Å². The molecule has 0 aliphatic heterocycles. The second-order valence-corrected chi connectivity index (χ2v) is 10.6. The quantitative estimate of drug-likeness (QED) is 0.0905. The lowest BCUT2D eigenvalue weighted by Gasteiger charge is -2.09. The molecule has 0 bridgehead atoms. The molecule has 0 aromatic heterocycles. The Bertz CT molecular complexity index is 862. The van der Waals surface area contributed by atoms with Crippen LogP contribution < -0.4 is 4.74 Å². The Labute approximate surface area is 243 Å². The van der Waals surface area contributed by atoms with E-state index in [-0.39, 0.29) is 5.97 Å². The number of unbranched alkanes of at least 4 members (excludes halogenated alkanes) is 10. The number of esters is 1. The molecular formula is C35H54O5. The van der Waals surface area contributed by atoms with E-state index < -0.39 is 0 Å². The summed E-state index contributed by atoms with van der Waals surface area (Å²) in [6, 6.07) is 16.9. The topological polar surface area (TPSA) is 54.0 Å². The summed E-state index contributed by atoms with van der Waals surface area (Å²) < 4.78 is 22.1. The minimum atomic E-state index is -0.120. The first-order valence-corrected chi connectivity index (χ1v) is 15.9. The van der Waals surface area contributed by atoms with Gasteiger partial charge in [0.05, 0.1) is 26.4 Å². The lowest BCUT2D eigenvalue weighted by atomic mass is 10.0. The normalized spacial score (nSPS) is 11.1. The Morgan fingerprint density at radius 2 is 1.05 bits per heavy atom. The second-order valence-electron chi connectivity index (χ2n) is 10.6. The van der Waals surface area contributed by atoms with E-state index in [0.717, 1.165) is 25.0 Å². The van der Waals surface area contributed by atoms with Crippen LogP contribution in [0.3, 0.4) is 0 Å². The van der Waals surface area contributed by atoms with E-state index in [0.29, 0.717) is 46.1 Å². The van der Waals surface area contributed by atoms with Crippen LogP contribution in [0, 0.1) is 0 Å². The zero-order valence-corrected chi connectivity index (χ0v) is 25.3.